The highest BCUT2D eigenvalue weighted by Crippen LogP contribution is 2.27. The van der Waals surface area contributed by atoms with E-state index in [1.165, 1.54) is 61.3 Å². The number of hydrogen-bond acceptors (Lipinski definition) is 2. The van der Waals surface area contributed by atoms with Gasteiger partial charge in [0, 0.05) is 38.6 Å². The molecule has 0 N–H and O–H groups in total. The van der Waals surface area contributed by atoms with E-state index in [0.717, 1.165) is 0 Å². The minimum absolute atomic E-state index is 1.18. The molecule has 0 radical (unpaired) electrons. The molecule has 132 valence electrons. The van der Waals surface area contributed by atoms with Crippen LogP contribution >= 0.6 is 0 Å². The third-order valence-corrected chi connectivity index (χ3v) is 9.82. The van der Waals surface area contributed by atoms with Crippen LogP contribution in [0.2, 0.25) is 13.1 Å². The number of anilines is 2. The molecule has 2 nitrogen and oxygen atoms in total. The van der Waals surface area contributed by atoms with Crippen molar-refractivity contribution >= 4 is 29.8 Å². The Labute approximate surface area is 153 Å². The van der Waals surface area contributed by atoms with Crippen LogP contribution in [0, 0.1) is 0 Å². The molecule has 3 heteroatoms. The lowest BCUT2D eigenvalue weighted by molar-refractivity contribution is 0.745. The number of rotatable bonds is 2. The second-order valence-corrected chi connectivity index (χ2v) is 12.8. The van der Waals surface area contributed by atoms with E-state index in [1.807, 2.05) is 0 Å². The maximum absolute atomic E-state index is 2.50. The molecular weight excluding hydrogens is 320 g/mol. The van der Waals surface area contributed by atoms with Gasteiger partial charge in [-0.15, -0.1) is 0 Å². The SMILES string of the molecule is CN1CCCc2ccc([Si](C)(C)c3ccc4c(c3)N(C)CCC4)cc21. The van der Waals surface area contributed by atoms with Crippen molar-refractivity contribution in [1.29, 1.82) is 0 Å². The average molecular weight is 351 g/mol. The van der Waals surface area contributed by atoms with E-state index >= 15 is 0 Å². The van der Waals surface area contributed by atoms with Gasteiger partial charge in [0.25, 0.3) is 0 Å². The topological polar surface area (TPSA) is 6.48 Å². The van der Waals surface area contributed by atoms with Crippen molar-refractivity contribution in [3.63, 3.8) is 0 Å². The standard InChI is InChI=1S/C22H30N2Si/c1-23-13-5-7-17-9-11-19(15-21(17)23)25(3,4)20-12-10-18-8-6-14-24(2)22(18)16-20/h9-12,15-16H,5-8,13-14H2,1-4H3. The van der Waals surface area contributed by atoms with E-state index in [4.69, 9.17) is 0 Å². The van der Waals surface area contributed by atoms with Crippen LogP contribution in [-0.2, 0) is 12.8 Å². The largest absolute Gasteiger partial charge is 0.374 e. The van der Waals surface area contributed by atoms with E-state index in [9.17, 15) is 0 Å². The molecule has 0 atom stereocenters. The molecule has 0 spiro atoms. The molecule has 25 heavy (non-hydrogen) atoms. The van der Waals surface area contributed by atoms with Gasteiger partial charge in [-0.1, -0.05) is 47.7 Å². The monoisotopic (exact) mass is 350 g/mol. The molecule has 0 aliphatic carbocycles. The smallest absolute Gasteiger partial charge is 0.112 e. The summed E-state index contributed by atoms with van der Waals surface area (Å²) in [6.07, 6.45) is 5.01. The second-order valence-electron chi connectivity index (χ2n) is 8.36. The highest BCUT2D eigenvalue weighted by molar-refractivity contribution is 7.00. The summed E-state index contributed by atoms with van der Waals surface area (Å²) in [6.45, 7) is 7.37. The molecule has 2 aliphatic rings. The van der Waals surface area contributed by atoms with Crippen molar-refractivity contribution in [3.05, 3.63) is 47.5 Å². The van der Waals surface area contributed by atoms with Gasteiger partial charge >= 0.3 is 0 Å². The Morgan fingerprint density at radius 1 is 0.720 bits per heavy atom. The van der Waals surface area contributed by atoms with Crippen LogP contribution in [-0.4, -0.2) is 35.3 Å². The molecular formula is C22H30N2Si. The molecule has 2 aromatic carbocycles. The fraction of sp³-hybridized carbons (Fsp3) is 0.455. The van der Waals surface area contributed by atoms with Crippen LogP contribution < -0.4 is 20.2 Å². The fourth-order valence-electron chi connectivity index (χ4n) is 4.46. The summed E-state index contributed by atoms with van der Waals surface area (Å²) in [6, 6.07) is 14.6. The van der Waals surface area contributed by atoms with Crippen molar-refractivity contribution in [1.82, 2.24) is 0 Å². The zero-order valence-corrected chi connectivity index (χ0v) is 17.1. The van der Waals surface area contributed by atoms with E-state index in [-0.39, 0.29) is 0 Å². The predicted octanol–water partition coefficient (Wildman–Crippen LogP) is 3.27. The minimum Gasteiger partial charge on any atom is -0.374 e. The summed E-state index contributed by atoms with van der Waals surface area (Å²) in [4.78, 5) is 4.88. The molecule has 0 amide bonds. The summed E-state index contributed by atoms with van der Waals surface area (Å²) in [5.41, 5.74) is 5.96. The van der Waals surface area contributed by atoms with Gasteiger partial charge in [-0.3, -0.25) is 0 Å². The maximum atomic E-state index is 2.50. The Hall–Kier alpha value is -1.74. The van der Waals surface area contributed by atoms with Gasteiger partial charge in [0.05, 0.1) is 0 Å². The summed E-state index contributed by atoms with van der Waals surface area (Å²) in [5, 5.41) is 3.11. The maximum Gasteiger partial charge on any atom is 0.112 e. The van der Waals surface area contributed by atoms with E-state index in [2.05, 4.69) is 73.4 Å². The second kappa shape index (κ2) is 6.21. The molecule has 0 saturated carbocycles. The number of fused-ring (bicyclic) bond motifs is 2. The number of hydrogen-bond donors (Lipinski definition) is 0. The van der Waals surface area contributed by atoms with Crippen molar-refractivity contribution < 1.29 is 0 Å². The Bertz CT molecular complexity index is 731. The minimum atomic E-state index is -1.69. The fourth-order valence-corrected chi connectivity index (χ4v) is 6.79. The highest BCUT2D eigenvalue weighted by atomic mass is 28.3. The lowest BCUT2D eigenvalue weighted by Gasteiger charge is -2.33. The van der Waals surface area contributed by atoms with Gasteiger partial charge in [0.15, 0.2) is 0 Å². The molecule has 2 aliphatic heterocycles. The van der Waals surface area contributed by atoms with Gasteiger partial charge in [-0.2, -0.15) is 0 Å². The summed E-state index contributed by atoms with van der Waals surface area (Å²) in [5.74, 6) is 0. The summed E-state index contributed by atoms with van der Waals surface area (Å²) in [7, 11) is 2.79. The Kier molecular flexibility index (Phi) is 4.15. The lowest BCUT2D eigenvalue weighted by Crippen LogP contribution is -2.53. The first-order valence-electron chi connectivity index (χ1n) is 9.66. The van der Waals surface area contributed by atoms with Crippen molar-refractivity contribution in [3.8, 4) is 0 Å². The van der Waals surface area contributed by atoms with Gasteiger partial charge in [-0.25, -0.2) is 0 Å². The van der Waals surface area contributed by atoms with Gasteiger partial charge in [0.1, 0.15) is 8.07 Å². The Balaban J connectivity index is 1.75. The van der Waals surface area contributed by atoms with Gasteiger partial charge in [-0.05, 0) is 48.9 Å². The molecule has 0 aromatic heterocycles. The van der Waals surface area contributed by atoms with Crippen LogP contribution in [0.15, 0.2) is 36.4 Å². The van der Waals surface area contributed by atoms with Crippen LogP contribution in [0.5, 0.6) is 0 Å². The zero-order valence-electron chi connectivity index (χ0n) is 16.1. The molecule has 0 unspecified atom stereocenters. The Morgan fingerprint density at radius 2 is 1.16 bits per heavy atom. The van der Waals surface area contributed by atoms with E-state index < -0.39 is 8.07 Å². The first-order valence-corrected chi connectivity index (χ1v) is 12.7. The Morgan fingerprint density at radius 3 is 1.60 bits per heavy atom. The lowest BCUT2D eigenvalue weighted by atomic mass is 10.0. The third-order valence-electron chi connectivity index (χ3n) is 6.32. The van der Waals surface area contributed by atoms with E-state index in [1.54, 1.807) is 10.4 Å². The van der Waals surface area contributed by atoms with E-state index in [0.29, 0.717) is 0 Å². The van der Waals surface area contributed by atoms with Gasteiger partial charge < -0.3 is 9.80 Å². The highest BCUT2D eigenvalue weighted by Gasteiger charge is 2.29. The molecule has 0 bridgehead atoms. The first kappa shape index (κ1) is 16.7. The number of nitrogens with zero attached hydrogens (tertiary/aromatic N) is 2. The van der Waals surface area contributed by atoms with Crippen molar-refractivity contribution in [2.45, 2.75) is 38.8 Å². The van der Waals surface area contributed by atoms with Gasteiger partial charge in [0.2, 0.25) is 0 Å². The zero-order chi connectivity index (χ0) is 17.6. The number of aryl methyl sites for hydroxylation is 2. The van der Waals surface area contributed by atoms with Crippen LogP contribution in [0.25, 0.3) is 0 Å². The summed E-state index contributed by atoms with van der Waals surface area (Å²) >= 11 is 0. The van der Waals surface area contributed by atoms with Crippen LogP contribution in [0.3, 0.4) is 0 Å². The number of benzene rings is 2. The third kappa shape index (κ3) is 2.89. The van der Waals surface area contributed by atoms with Crippen molar-refractivity contribution in [2.24, 2.45) is 0 Å². The molecule has 0 fully saturated rings. The molecule has 4 rings (SSSR count). The quantitative estimate of drug-likeness (QED) is 0.767. The molecule has 2 heterocycles. The normalized spacial score (nSPS) is 17.3. The molecule has 2 aromatic rings. The average Bonchev–Trinajstić information content (AvgIpc) is 2.62. The summed E-state index contributed by atoms with van der Waals surface area (Å²) < 4.78 is 0. The molecule has 0 saturated heterocycles. The predicted molar refractivity (Wildman–Crippen MR) is 113 cm³/mol. The van der Waals surface area contributed by atoms with Crippen LogP contribution in [0.4, 0.5) is 11.4 Å². The van der Waals surface area contributed by atoms with Crippen molar-refractivity contribution in [2.75, 3.05) is 37.0 Å². The first-order chi connectivity index (χ1) is 12.0. The van der Waals surface area contributed by atoms with Crippen LogP contribution in [0.1, 0.15) is 24.0 Å².